The second-order valence-electron chi connectivity index (χ2n) is 9.05. The van der Waals surface area contributed by atoms with Crippen molar-refractivity contribution in [2.45, 2.75) is 64.8 Å². The number of amides is 1. The predicted molar refractivity (Wildman–Crippen MR) is 87.1 cm³/mol. The Kier molecular flexibility index (Phi) is 3.39. The highest BCUT2D eigenvalue weighted by Crippen LogP contribution is 2.64. The van der Waals surface area contributed by atoms with E-state index >= 15 is 0 Å². The van der Waals surface area contributed by atoms with Crippen LogP contribution in [0.1, 0.15) is 58.8 Å². The number of nitrogens with one attached hydrogen (secondary N) is 1. The lowest BCUT2D eigenvalue weighted by molar-refractivity contribution is -0.160. The molecule has 3 aliphatic carbocycles. The summed E-state index contributed by atoms with van der Waals surface area (Å²) in [4.78, 5) is 36.5. The van der Waals surface area contributed by atoms with E-state index in [-0.39, 0.29) is 52.2 Å². The van der Waals surface area contributed by atoms with Gasteiger partial charge in [-0.15, -0.1) is 0 Å². The van der Waals surface area contributed by atoms with E-state index < -0.39 is 5.97 Å². The molecule has 24 heavy (non-hydrogen) atoms. The van der Waals surface area contributed by atoms with Crippen LogP contribution >= 0.6 is 0 Å². The van der Waals surface area contributed by atoms with Gasteiger partial charge >= 0.3 is 5.97 Å². The van der Waals surface area contributed by atoms with Crippen molar-refractivity contribution in [2.24, 2.45) is 34.5 Å². The third kappa shape index (κ3) is 1.96. The zero-order valence-corrected chi connectivity index (χ0v) is 14.5. The van der Waals surface area contributed by atoms with Crippen molar-refractivity contribution in [2.75, 3.05) is 0 Å². The zero-order chi connectivity index (χ0) is 17.3. The lowest BCUT2D eigenvalue weighted by Crippen LogP contribution is -2.63. The molecule has 132 valence electrons. The molecule has 1 heterocycles. The number of carbonyl (C=O) groups excluding carboxylic acids is 2. The fraction of sp³-hybridized carbons (Fsp3) is 0.842. The van der Waals surface area contributed by atoms with Crippen LogP contribution in [0.3, 0.4) is 0 Å². The minimum absolute atomic E-state index is 0.00986. The average molecular weight is 333 g/mol. The molecule has 4 aliphatic rings. The number of ketones is 1. The van der Waals surface area contributed by atoms with E-state index in [2.05, 4.69) is 19.2 Å². The highest BCUT2D eigenvalue weighted by Gasteiger charge is 2.63. The average Bonchev–Trinajstić information content (AvgIpc) is 2.86. The molecule has 0 aromatic rings. The molecule has 2 unspecified atom stereocenters. The van der Waals surface area contributed by atoms with Gasteiger partial charge in [0.25, 0.3) is 0 Å². The fourth-order valence-electron chi connectivity index (χ4n) is 6.79. The molecule has 1 amide bonds. The maximum Gasteiger partial charge on any atom is 0.307 e. The first-order valence-corrected chi connectivity index (χ1v) is 9.32. The van der Waals surface area contributed by atoms with Crippen LogP contribution < -0.4 is 5.32 Å². The lowest BCUT2D eigenvalue weighted by Gasteiger charge is -2.59. The van der Waals surface area contributed by atoms with Gasteiger partial charge in [0, 0.05) is 24.8 Å². The molecule has 5 heteroatoms. The van der Waals surface area contributed by atoms with Crippen LogP contribution in [-0.4, -0.2) is 28.8 Å². The van der Waals surface area contributed by atoms with Gasteiger partial charge in [0.2, 0.25) is 5.91 Å². The highest BCUT2D eigenvalue weighted by atomic mass is 16.4. The lowest BCUT2D eigenvalue weighted by atomic mass is 9.46. The number of carboxylic acids is 1. The first kappa shape index (κ1) is 16.1. The summed E-state index contributed by atoms with van der Waals surface area (Å²) in [6, 6.07) is -0.0338. The summed E-state index contributed by atoms with van der Waals surface area (Å²) >= 11 is 0. The molecule has 0 bridgehead atoms. The van der Waals surface area contributed by atoms with Gasteiger partial charge in [-0.2, -0.15) is 0 Å². The number of carbonyl (C=O) groups is 3. The van der Waals surface area contributed by atoms with Crippen molar-refractivity contribution >= 4 is 17.7 Å². The fourth-order valence-corrected chi connectivity index (χ4v) is 6.79. The highest BCUT2D eigenvalue weighted by molar-refractivity contribution is 5.86. The minimum Gasteiger partial charge on any atom is -0.481 e. The van der Waals surface area contributed by atoms with E-state index in [0.29, 0.717) is 19.3 Å². The monoisotopic (exact) mass is 333 g/mol. The topological polar surface area (TPSA) is 83.5 Å². The van der Waals surface area contributed by atoms with Crippen LogP contribution in [0, 0.1) is 34.5 Å². The number of carboxylic acid groups (broad SMARTS) is 1. The standard InChI is InChI=1S/C19H27NO4/c1-18-7-5-11-16(10(18)3-4-12(18)17(23)24)13(21)9-14-19(11,2)8-6-15(22)20-14/h10-12,14,16H,3-9H2,1-2H3,(H,20,22)(H,23,24)/t10-,11+,12?,14?,16-,18-,19+/m0/s1. The van der Waals surface area contributed by atoms with Gasteiger partial charge < -0.3 is 10.4 Å². The first-order valence-electron chi connectivity index (χ1n) is 9.32. The molecule has 7 atom stereocenters. The number of piperidine rings is 1. The number of Topliss-reactive ketones (excluding diaryl/α,β-unsaturated/α-hetero) is 1. The van der Waals surface area contributed by atoms with E-state index in [1.54, 1.807) is 0 Å². The van der Waals surface area contributed by atoms with E-state index in [0.717, 1.165) is 25.7 Å². The van der Waals surface area contributed by atoms with Crippen LogP contribution in [0.15, 0.2) is 0 Å². The normalized spacial score (nSPS) is 50.5. The summed E-state index contributed by atoms with van der Waals surface area (Å²) in [6.45, 7) is 4.34. The predicted octanol–water partition coefficient (Wildman–Crippen LogP) is 2.39. The number of rotatable bonds is 1. The van der Waals surface area contributed by atoms with Crippen LogP contribution in [0.25, 0.3) is 0 Å². The summed E-state index contributed by atoms with van der Waals surface area (Å²) in [6.07, 6.45) is 5.17. The number of hydrogen-bond acceptors (Lipinski definition) is 3. The van der Waals surface area contributed by atoms with Crippen molar-refractivity contribution < 1.29 is 19.5 Å². The van der Waals surface area contributed by atoms with E-state index in [4.69, 9.17) is 0 Å². The van der Waals surface area contributed by atoms with Crippen LogP contribution in [0.5, 0.6) is 0 Å². The van der Waals surface area contributed by atoms with E-state index in [1.807, 2.05) is 0 Å². The Balaban J connectivity index is 1.69. The van der Waals surface area contributed by atoms with Crippen molar-refractivity contribution in [3.8, 4) is 0 Å². The van der Waals surface area contributed by atoms with Crippen molar-refractivity contribution in [3.05, 3.63) is 0 Å². The van der Waals surface area contributed by atoms with E-state index in [1.165, 1.54) is 0 Å². The van der Waals surface area contributed by atoms with Gasteiger partial charge in [-0.25, -0.2) is 0 Å². The van der Waals surface area contributed by atoms with Crippen LogP contribution in [0.4, 0.5) is 0 Å². The Hall–Kier alpha value is -1.39. The number of hydrogen-bond donors (Lipinski definition) is 2. The molecule has 1 saturated heterocycles. The summed E-state index contributed by atoms with van der Waals surface area (Å²) in [7, 11) is 0. The molecular weight excluding hydrogens is 306 g/mol. The number of aliphatic carboxylic acids is 1. The SMILES string of the molecule is C[C@]12CCC(=O)NC1CC(=O)[C@@H]1[C@H]2CC[C@]2(C)C(C(=O)O)CC[C@@H]12. The Morgan fingerprint density at radius 2 is 1.79 bits per heavy atom. The smallest absolute Gasteiger partial charge is 0.307 e. The molecular formula is C19H27NO4. The molecule has 0 aromatic heterocycles. The molecule has 0 aromatic carbocycles. The Labute approximate surface area is 142 Å². The molecule has 0 spiro atoms. The molecule has 4 rings (SSSR count). The summed E-state index contributed by atoms with van der Waals surface area (Å²) in [5.74, 6) is -0.217. The van der Waals surface area contributed by atoms with Crippen LogP contribution in [0.2, 0.25) is 0 Å². The Morgan fingerprint density at radius 3 is 2.50 bits per heavy atom. The Morgan fingerprint density at radius 1 is 1.08 bits per heavy atom. The molecule has 5 nitrogen and oxygen atoms in total. The molecule has 2 N–H and O–H groups in total. The van der Waals surface area contributed by atoms with Gasteiger partial charge in [0.1, 0.15) is 5.78 Å². The minimum atomic E-state index is -0.698. The second kappa shape index (κ2) is 5.06. The maximum atomic E-state index is 13.0. The van der Waals surface area contributed by atoms with Gasteiger partial charge in [-0.3, -0.25) is 14.4 Å². The van der Waals surface area contributed by atoms with Crippen molar-refractivity contribution in [3.63, 3.8) is 0 Å². The Bertz CT molecular complexity index is 616. The molecule has 3 saturated carbocycles. The molecule has 4 fully saturated rings. The summed E-state index contributed by atoms with van der Waals surface area (Å²) < 4.78 is 0. The molecule has 0 radical (unpaired) electrons. The summed E-state index contributed by atoms with van der Waals surface area (Å²) in [5, 5.41) is 12.7. The third-order valence-corrected chi connectivity index (χ3v) is 8.21. The second-order valence-corrected chi connectivity index (χ2v) is 9.05. The van der Waals surface area contributed by atoms with Gasteiger partial charge in [-0.05, 0) is 54.8 Å². The van der Waals surface area contributed by atoms with Gasteiger partial charge in [0.15, 0.2) is 0 Å². The maximum absolute atomic E-state index is 13.0. The van der Waals surface area contributed by atoms with Crippen molar-refractivity contribution in [1.29, 1.82) is 0 Å². The largest absolute Gasteiger partial charge is 0.481 e. The van der Waals surface area contributed by atoms with Crippen LogP contribution in [-0.2, 0) is 14.4 Å². The summed E-state index contributed by atoms with van der Waals surface area (Å²) in [5.41, 5.74) is -0.265. The zero-order valence-electron chi connectivity index (χ0n) is 14.5. The third-order valence-electron chi connectivity index (χ3n) is 8.21. The van der Waals surface area contributed by atoms with Gasteiger partial charge in [-0.1, -0.05) is 13.8 Å². The number of fused-ring (bicyclic) bond motifs is 5. The van der Waals surface area contributed by atoms with Crippen molar-refractivity contribution in [1.82, 2.24) is 5.32 Å². The van der Waals surface area contributed by atoms with Gasteiger partial charge in [0.05, 0.1) is 5.92 Å². The van der Waals surface area contributed by atoms with E-state index in [9.17, 15) is 19.5 Å². The molecule has 1 aliphatic heterocycles. The quantitative estimate of drug-likeness (QED) is 0.772. The first-order chi connectivity index (χ1) is 11.3.